The Morgan fingerprint density at radius 2 is 2.00 bits per heavy atom. The number of amides is 2. The van der Waals surface area contributed by atoms with Crippen LogP contribution in [-0.2, 0) is 14.3 Å². The third-order valence-corrected chi connectivity index (χ3v) is 1.83. The minimum Gasteiger partial charge on any atom is -0.480 e. The van der Waals surface area contributed by atoms with Crippen LogP contribution in [0.4, 0.5) is 4.79 Å². The normalized spacial score (nSPS) is 10.1. The first-order chi connectivity index (χ1) is 9.51. The van der Waals surface area contributed by atoms with Crippen molar-refractivity contribution in [1.82, 2.24) is 16.0 Å². The number of hydrogen-bond donors (Lipinski definition) is 4. The van der Waals surface area contributed by atoms with Gasteiger partial charge in [0.15, 0.2) is 0 Å². The smallest absolute Gasteiger partial charge is 0.407 e. The van der Waals surface area contributed by atoms with Crippen LogP contribution in [-0.4, -0.2) is 49.3 Å². The van der Waals surface area contributed by atoms with Crippen LogP contribution in [0.3, 0.4) is 0 Å². The second-order valence-corrected chi connectivity index (χ2v) is 3.35. The largest absolute Gasteiger partial charge is 0.480 e. The number of nitrogens with one attached hydrogen (secondary N) is 3. The van der Waals surface area contributed by atoms with E-state index in [0.717, 1.165) is 6.20 Å². The summed E-state index contributed by atoms with van der Waals surface area (Å²) < 4.78 is 4.62. The summed E-state index contributed by atoms with van der Waals surface area (Å²) in [6, 6.07) is 1.63. The Morgan fingerprint density at radius 1 is 1.30 bits per heavy atom. The number of nitriles is 1. The molecule has 20 heavy (non-hydrogen) atoms. The topological polar surface area (TPSA) is 141 Å². The van der Waals surface area contributed by atoms with Crippen molar-refractivity contribution in [2.75, 3.05) is 26.2 Å². The molecule has 110 valence electrons. The number of carboxylic acid groups (broad SMARTS) is 1. The Morgan fingerprint density at radius 3 is 2.55 bits per heavy atom. The van der Waals surface area contributed by atoms with Crippen molar-refractivity contribution < 1.29 is 24.2 Å². The molecular weight excluding hydrogens is 268 g/mol. The molecular formula is C11H16N4O5. The SMILES string of the molecule is CCOC(=O)NCCN/C=C(/C#N)C(=O)NCC(=O)O. The number of carbonyl (C=O) groups is 3. The molecule has 0 heterocycles. The summed E-state index contributed by atoms with van der Waals surface area (Å²) in [5.74, 6) is -2.00. The van der Waals surface area contributed by atoms with E-state index in [2.05, 4.69) is 15.4 Å². The molecule has 2 amide bonds. The van der Waals surface area contributed by atoms with Crippen LogP contribution in [0.2, 0.25) is 0 Å². The second-order valence-electron chi connectivity index (χ2n) is 3.35. The Bertz CT molecular complexity index is 427. The Balaban J connectivity index is 4.02. The minimum atomic E-state index is -1.21. The van der Waals surface area contributed by atoms with E-state index in [4.69, 9.17) is 10.4 Å². The van der Waals surface area contributed by atoms with Crippen LogP contribution in [0.1, 0.15) is 6.92 Å². The number of rotatable bonds is 8. The van der Waals surface area contributed by atoms with Gasteiger partial charge in [0.25, 0.3) is 5.91 Å². The van der Waals surface area contributed by atoms with E-state index in [1.165, 1.54) is 0 Å². The molecule has 0 aliphatic heterocycles. The van der Waals surface area contributed by atoms with Gasteiger partial charge in [0, 0.05) is 19.3 Å². The lowest BCUT2D eigenvalue weighted by molar-refractivity contribution is -0.137. The maximum atomic E-state index is 11.3. The summed E-state index contributed by atoms with van der Waals surface area (Å²) in [6.45, 7) is 1.89. The predicted molar refractivity (Wildman–Crippen MR) is 67.4 cm³/mol. The lowest BCUT2D eigenvalue weighted by atomic mass is 10.3. The van der Waals surface area contributed by atoms with Gasteiger partial charge in [0.1, 0.15) is 18.2 Å². The van der Waals surface area contributed by atoms with E-state index in [0.29, 0.717) is 0 Å². The first-order valence-corrected chi connectivity index (χ1v) is 5.75. The van der Waals surface area contributed by atoms with Gasteiger partial charge in [-0.05, 0) is 6.92 Å². The molecule has 4 N–H and O–H groups in total. The fourth-order valence-electron chi connectivity index (χ4n) is 0.993. The number of aliphatic carboxylic acids is 1. The molecule has 0 aromatic heterocycles. The highest BCUT2D eigenvalue weighted by molar-refractivity contribution is 5.98. The number of alkyl carbamates (subject to hydrolysis) is 1. The van der Waals surface area contributed by atoms with Crippen molar-refractivity contribution in [1.29, 1.82) is 5.26 Å². The summed E-state index contributed by atoms with van der Waals surface area (Å²) in [4.78, 5) is 32.5. The molecule has 9 heteroatoms. The molecule has 0 fully saturated rings. The molecule has 0 rings (SSSR count). The van der Waals surface area contributed by atoms with Gasteiger partial charge in [-0.1, -0.05) is 0 Å². The fraction of sp³-hybridized carbons (Fsp3) is 0.455. The maximum Gasteiger partial charge on any atom is 0.407 e. The second kappa shape index (κ2) is 10.2. The minimum absolute atomic E-state index is 0.241. The van der Waals surface area contributed by atoms with Crippen LogP contribution in [0.25, 0.3) is 0 Å². The number of carbonyl (C=O) groups excluding carboxylic acids is 2. The molecule has 0 aliphatic rings. The first-order valence-electron chi connectivity index (χ1n) is 5.75. The first kappa shape index (κ1) is 17.2. The van der Waals surface area contributed by atoms with Gasteiger partial charge in [-0.25, -0.2) is 4.79 Å². The average Bonchev–Trinajstić information content (AvgIpc) is 2.40. The third-order valence-electron chi connectivity index (χ3n) is 1.83. The van der Waals surface area contributed by atoms with Gasteiger partial charge in [-0.2, -0.15) is 5.26 Å². The van der Waals surface area contributed by atoms with E-state index in [-0.39, 0.29) is 25.3 Å². The van der Waals surface area contributed by atoms with Gasteiger partial charge in [-0.3, -0.25) is 9.59 Å². The highest BCUT2D eigenvalue weighted by atomic mass is 16.5. The summed E-state index contributed by atoms with van der Waals surface area (Å²) in [5.41, 5.74) is -0.262. The number of nitrogens with zero attached hydrogens (tertiary/aromatic N) is 1. The number of carboxylic acids is 1. The molecule has 0 saturated heterocycles. The average molecular weight is 284 g/mol. The Hall–Kier alpha value is -2.76. The Labute approximate surface area is 115 Å². The molecule has 0 spiro atoms. The molecule has 0 atom stereocenters. The molecule has 9 nitrogen and oxygen atoms in total. The van der Waals surface area contributed by atoms with E-state index >= 15 is 0 Å². The number of ether oxygens (including phenoxy) is 1. The Kier molecular flexibility index (Phi) is 8.78. The fourth-order valence-corrected chi connectivity index (χ4v) is 0.993. The third kappa shape index (κ3) is 8.35. The molecule has 0 radical (unpaired) electrons. The van der Waals surface area contributed by atoms with Crippen molar-refractivity contribution in [3.63, 3.8) is 0 Å². The predicted octanol–water partition coefficient (Wildman–Crippen LogP) is -1.07. The van der Waals surface area contributed by atoms with Crippen LogP contribution in [0.5, 0.6) is 0 Å². The summed E-state index contributed by atoms with van der Waals surface area (Å²) in [7, 11) is 0. The van der Waals surface area contributed by atoms with Crippen LogP contribution in [0.15, 0.2) is 11.8 Å². The maximum absolute atomic E-state index is 11.3. The van der Waals surface area contributed by atoms with E-state index in [9.17, 15) is 14.4 Å². The summed E-state index contributed by atoms with van der Waals surface area (Å²) in [5, 5.41) is 24.2. The molecule has 0 bridgehead atoms. The van der Waals surface area contributed by atoms with Crippen molar-refractivity contribution in [3.05, 3.63) is 11.8 Å². The lowest BCUT2D eigenvalue weighted by Gasteiger charge is -2.05. The van der Waals surface area contributed by atoms with Gasteiger partial charge >= 0.3 is 12.1 Å². The van der Waals surface area contributed by atoms with Crippen LogP contribution >= 0.6 is 0 Å². The zero-order chi connectivity index (χ0) is 15.4. The van der Waals surface area contributed by atoms with E-state index in [1.54, 1.807) is 13.0 Å². The monoisotopic (exact) mass is 284 g/mol. The molecule has 0 saturated carbocycles. The summed E-state index contributed by atoms with van der Waals surface area (Å²) in [6.07, 6.45) is 0.585. The number of hydrogen-bond acceptors (Lipinski definition) is 6. The summed E-state index contributed by atoms with van der Waals surface area (Å²) >= 11 is 0. The highest BCUT2D eigenvalue weighted by Gasteiger charge is 2.09. The molecule has 0 aromatic rings. The van der Waals surface area contributed by atoms with Crippen molar-refractivity contribution >= 4 is 18.0 Å². The molecule has 0 unspecified atom stereocenters. The van der Waals surface area contributed by atoms with Crippen LogP contribution < -0.4 is 16.0 Å². The van der Waals surface area contributed by atoms with Gasteiger partial charge in [0.2, 0.25) is 0 Å². The lowest BCUT2D eigenvalue weighted by Crippen LogP contribution is -2.32. The van der Waals surface area contributed by atoms with Crippen LogP contribution in [0, 0.1) is 11.3 Å². The van der Waals surface area contributed by atoms with Crippen molar-refractivity contribution in [3.8, 4) is 6.07 Å². The van der Waals surface area contributed by atoms with E-state index in [1.807, 2.05) is 5.32 Å². The van der Waals surface area contributed by atoms with Gasteiger partial charge in [-0.15, -0.1) is 0 Å². The van der Waals surface area contributed by atoms with Gasteiger partial charge < -0.3 is 25.8 Å². The zero-order valence-electron chi connectivity index (χ0n) is 10.9. The zero-order valence-corrected chi connectivity index (χ0v) is 10.9. The molecule has 0 aliphatic carbocycles. The highest BCUT2D eigenvalue weighted by Crippen LogP contribution is 1.89. The standard InChI is InChI=1S/C11H16N4O5/c1-2-20-11(19)14-4-3-13-6-8(5-12)10(18)15-7-9(16)17/h6,13H,2-4,7H2,1H3,(H,14,19)(H,15,18)(H,16,17)/b8-6-. The van der Waals surface area contributed by atoms with Crippen molar-refractivity contribution in [2.24, 2.45) is 0 Å². The quantitative estimate of drug-likeness (QED) is 0.253. The van der Waals surface area contributed by atoms with E-state index < -0.39 is 24.5 Å². The van der Waals surface area contributed by atoms with Gasteiger partial charge in [0.05, 0.1) is 6.61 Å². The van der Waals surface area contributed by atoms with Crippen molar-refractivity contribution in [2.45, 2.75) is 6.92 Å². The molecule has 0 aromatic carbocycles.